The Bertz CT molecular complexity index is 175. The number of hydrogen-bond acceptors (Lipinski definition) is 4. The third-order valence-electron chi connectivity index (χ3n) is 2.04. The molecule has 1 amide bonds. The van der Waals surface area contributed by atoms with Gasteiger partial charge in [0.05, 0.1) is 12.2 Å². The van der Waals surface area contributed by atoms with Crippen molar-refractivity contribution in [3.8, 4) is 0 Å². The molecule has 2 atom stereocenters. The van der Waals surface area contributed by atoms with Gasteiger partial charge in [-0.1, -0.05) is 0 Å². The van der Waals surface area contributed by atoms with Gasteiger partial charge in [-0.2, -0.15) is 0 Å². The lowest BCUT2D eigenvalue weighted by Crippen LogP contribution is -2.33. The highest BCUT2D eigenvalue weighted by Crippen LogP contribution is 2.09. The average Bonchev–Trinajstić information content (AvgIpc) is 2.43. The van der Waals surface area contributed by atoms with Crippen molar-refractivity contribution >= 4 is 5.91 Å². The third-order valence-corrected chi connectivity index (χ3v) is 2.04. The minimum absolute atomic E-state index is 0.0237. The van der Waals surface area contributed by atoms with Gasteiger partial charge in [0, 0.05) is 19.7 Å². The molecule has 76 valence electrons. The number of carbonyl (C=O) groups is 1. The summed E-state index contributed by atoms with van der Waals surface area (Å²) in [6.07, 6.45) is -1.63. The van der Waals surface area contributed by atoms with Crippen LogP contribution in [0.5, 0.6) is 0 Å². The monoisotopic (exact) mass is 189 g/mol. The van der Waals surface area contributed by atoms with Crippen LogP contribution in [-0.2, 0) is 9.53 Å². The molecule has 1 heterocycles. The van der Waals surface area contributed by atoms with E-state index in [9.17, 15) is 4.79 Å². The number of amides is 1. The van der Waals surface area contributed by atoms with Crippen molar-refractivity contribution in [2.45, 2.75) is 19.1 Å². The fraction of sp³-hybridized carbons (Fsp3) is 0.875. The Labute approximate surface area is 76.9 Å². The van der Waals surface area contributed by atoms with Crippen LogP contribution in [0, 0.1) is 0 Å². The van der Waals surface area contributed by atoms with Crippen molar-refractivity contribution in [2.75, 3.05) is 26.3 Å². The summed E-state index contributed by atoms with van der Waals surface area (Å²) in [5.41, 5.74) is 0. The van der Waals surface area contributed by atoms with E-state index in [0.717, 1.165) is 0 Å². The molecule has 5 heteroatoms. The molecule has 1 rings (SSSR count). The van der Waals surface area contributed by atoms with E-state index in [0.29, 0.717) is 6.61 Å². The molecular weight excluding hydrogens is 174 g/mol. The predicted octanol–water partition coefficient (Wildman–Crippen LogP) is -1.41. The summed E-state index contributed by atoms with van der Waals surface area (Å²) in [5, 5.41) is 18.3. The van der Waals surface area contributed by atoms with Gasteiger partial charge in [-0.05, 0) is 6.92 Å². The number of aliphatic hydroxyl groups is 2. The number of likely N-dealkylation sites (tertiary alicyclic amines) is 1. The van der Waals surface area contributed by atoms with Crippen LogP contribution in [0.2, 0.25) is 0 Å². The van der Waals surface area contributed by atoms with E-state index in [1.165, 1.54) is 4.90 Å². The van der Waals surface area contributed by atoms with Crippen LogP contribution in [0.4, 0.5) is 0 Å². The molecule has 1 aliphatic heterocycles. The number of ether oxygens (including phenoxy) is 1. The van der Waals surface area contributed by atoms with Crippen LogP contribution in [0.25, 0.3) is 0 Å². The van der Waals surface area contributed by atoms with Crippen molar-refractivity contribution in [3.63, 3.8) is 0 Å². The number of nitrogens with zero attached hydrogens (tertiary/aromatic N) is 1. The Hall–Kier alpha value is -0.650. The lowest BCUT2D eigenvalue weighted by Gasteiger charge is -2.14. The molecule has 1 saturated heterocycles. The summed E-state index contributed by atoms with van der Waals surface area (Å²) in [4.78, 5) is 12.7. The van der Waals surface area contributed by atoms with Crippen molar-refractivity contribution in [3.05, 3.63) is 0 Å². The lowest BCUT2D eigenvalue weighted by molar-refractivity contribution is -0.135. The summed E-state index contributed by atoms with van der Waals surface area (Å²) in [7, 11) is 0. The van der Waals surface area contributed by atoms with Gasteiger partial charge < -0.3 is 19.8 Å². The maximum Gasteiger partial charge on any atom is 0.248 e. The van der Waals surface area contributed by atoms with E-state index in [-0.39, 0.29) is 25.6 Å². The standard InChI is InChI=1S/C8H15NO4/c1-2-13-5-8(12)9-3-6(10)7(11)4-9/h6-7,10-11H,2-5H2,1H3. The van der Waals surface area contributed by atoms with Gasteiger partial charge in [0.25, 0.3) is 0 Å². The third kappa shape index (κ3) is 2.65. The van der Waals surface area contributed by atoms with Crippen LogP contribution >= 0.6 is 0 Å². The van der Waals surface area contributed by atoms with E-state index >= 15 is 0 Å². The van der Waals surface area contributed by atoms with Crippen molar-refractivity contribution in [1.29, 1.82) is 0 Å². The van der Waals surface area contributed by atoms with E-state index in [1.807, 2.05) is 0 Å². The topological polar surface area (TPSA) is 70.0 Å². The lowest BCUT2D eigenvalue weighted by atomic mass is 10.3. The molecule has 0 saturated carbocycles. The molecule has 5 nitrogen and oxygen atoms in total. The fourth-order valence-electron chi connectivity index (χ4n) is 1.25. The first kappa shape index (κ1) is 10.4. The van der Waals surface area contributed by atoms with Gasteiger partial charge in [0.15, 0.2) is 0 Å². The molecule has 2 unspecified atom stereocenters. The summed E-state index contributed by atoms with van der Waals surface area (Å²) in [6, 6.07) is 0. The zero-order chi connectivity index (χ0) is 9.84. The quantitative estimate of drug-likeness (QED) is 0.572. The number of hydrogen-bond donors (Lipinski definition) is 2. The van der Waals surface area contributed by atoms with E-state index in [1.54, 1.807) is 6.92 Å². The Morgan fingerprint density at radius 1 is 1.46 bits per heavy atom. The SMILES string of the molecule is CCOCC(=O)N1CC(O)C(O)C1. The Kier molecular flexibility index (Phi) is 3.65. The Morgan fingerprint density at radius 3 is 2.46 bits per heavy atom. The second-order valence-corrected chi connectivity index (χ2v) is 3.07. The largest absolute Gasteiger partial charge is 0.388 e. The fourth-order valence-corrected chi connectivity index (χ4v) is 1.25. The highest BCUT2D eigenvalue weighted by atomic mass is 16.5. The van der Waals surface area contributed by atoms with Crippen molar-refractivity contribution in [1.82, 2.24) is 4.90 Å². The normalized spacial score (nSPS) is 28.1. The van der Waals surface area contributed by atoms with Crippen LogP contribution in [0.1, 0.15) is 6.92 Å². The van der Waals surface area contributed by atoms with Crippen LogP contribution in [0.15, 0.2) is 0 Å². The van der Waals surface area contributed by atoms with Gasteiger partial charge in [-0.15, -0.1) is 0 Å². The van der Waals surface area contributed by atoms with Gasteiger partial charge in [-0.25, -0.2) is 0 Å². The molecule has 0 aromatic carbocycles. The second-order valence-electron chi connectivity index (χ2n) is 3.07. The predicted molar refractivity (Wildman–Crippen MR) is 45.1 cm³/mol. The van der Waals surface area contributed by atoms with Gasteiger partial charge in [0.2, 0.25) is 5.91 Å². The summed E-state index contributed by atoms with van der Waals surface area (Å²) < 4.78 is 4.92. The summed E-state index contributed by atoms with van der Waals surface area (Å²) in [6.45, 7) is 2.72. The molecule has 0 aliphatic carbocycles. The number of rotatable bonds is 3. The molecule has 0 aromatic heterocycles. The van der Waals surface area contributed by atoms with Crippen LogP contribution in [0.3, 0.4) is 0 Å². The zero-order valence-corrected chi connectivity index (χ0v) is 7.64. The minimum atomic E-state index is -0.814. The molecule has 13 heavy (non-hydrogen) atoms. The molecule has 0 bridgehead atoms. The average molecular weight is 189 g/mol. The van der Waals surface area contributed by atoms with Gasteiger partial charge in [0.1, 0.15) is 6.61 Å². The molecular formula is C8H15NO4. The Balaban J connectivity index is 2.33. The number of β-amino-alcohol motifs (C(OH)–C–C–N with tert-alkyl or cyclic N) is 2. The maximum atomic E-state index is 11.3. The highest BCUT2D eigenvalue weighted by molar-refractivity contribution is 5.77. The van der Waals surface area contributed by atoms with Crippen molar-refractivity contribution in [2.24, 2.45) is 0 Å². The Morgan fingerprint density at radius 2 is 2.00 bits per heavy atom. The molecule has 0 spiro atoms. The molecule has 1 fully saturated rings. The number of carbonyl (C=O) groups excluding carboxylic acids is 1. The number of aliphatic hydroxyl groups excluding tert-OH is 2. The smallest absolute Gasteiger partial charge is 0.248 e. The van der Waals surface area contributed by atoms with Crippen molar-refractivity contribution < 1.29 is 19.7 Å². The summed E-state index contributed by atoms with van der Waals surface area (Å²) >= 11 is 0. The van der Waals surface area contributed by atoms with E-state index in [2.05, 4.69) is 0 Å². The zero-order valence-electron chi connectivity index (χ0n) is 7.64. The van der Waals surface area contributed by atoms with Crippen LogP contribution in [-0.4, -0.2) is 59.5 Å². The highest BCUT2D eigenvalue weighted by Gasteiger charge is 2.32. The van der Waals surface area contributed by atoms with Gasteiger partial charge >= 0.3 is 0 Å². The molecule has 1 aliphatic rings. The first-order chi connectivity index (χ1) is 6.15. The van der Waals surface area contributed by atoms with Crippen LogP contribution < -0.4 is 0 Å². The van der Waals surface area contributed by atoms with Gasteiger partial charge in [-0.3, -0.25) is 4.79 Å². The molecule has 0 radical (unpaired) electrons. The molecule has 2 N–H and O–H groups in total. The summed E-state index contributed by atoms with van der Waals surface area (Å²) in [5.74, 6) is -0.183. The maximum absolute atomic E-state index is 11.3. The first-order valence-electron chi connectivity index (χ1n) is 4.36. The van der Waals surface area contributed by atoms with E-state index < -0.39 is 12.2 Å². The molecule has 0 aromatic rings. The minimum Gasteiger partial charge on any atom is -0.388 e. The second kappa shape index (κ2) is 4.55. The van der Waals surface area contributed by atoms with E-state index in [4.69, 9.17) is 14.9 Å². The first-order valence-corrected chi connectivity index (χ1v) is 4.36.